The molecular formula is C14H13BrFNO2. The summed E-state index contributed by atoms with van der Waals surface area (Å²) in [5.41, 5.74) is 1.61. The van der Waals surface area contributed by atoms with Gasteiger partial charge < -0.3 is 9.47 Å². The highest BCUT2D eigenvalue weighted by molar-refractivity contribution is 9.08. The zero-order chi connectivity index (χ0) is 13.7. The molecule has 1 aromatic carbocycles. The lowest BCUT2D eigenvalue weighted by Gasteiger charge is -2.11. The fourth-order valence-electron chi connectivity index (χ4n) is 1.67. The first-order valence-corrected chi connectivity index (χ1v) is 6.82. The minimum Gasteiger partial charge on any atom is -0.488 e. The molecule has 0 saturated heterocycles. The molecule has 0 saturated carbocycles. The predicted octanol–water partition coefficient (Wildman–Crippen LogP) is 3.70. The molecule has 1 heterocycles. The van der Waals surface area contributed by atoms with Crippen molar-refractivity contribution in [1.29, 1.82) is 0 Å². The molecule has 0 spiro atoms. The monoisotopic (exact) mass is 325 g/mol. The second-order valence-corrected chi connectivity index (χ2v) is 4.41. The molecule has 0 aliphatic carbocycles. The van der Waals surface area contributed by atoms with Gasteiger partial charge in [-0.05, 0) is 30.3 Å². The molecule has 2 aromatic rings. The molecule has 0 unspecified atom stereocenters. The van der Waals surface area contributed by atoms with E-state index in [1.807, 2.05) is 12.1 Å². The van der Waals surface area contributed by atoms with Gasteiger partial charge in [0.2, 0.25) is 5.88 Å². The number of methoxy groups -OCH3 is 1. The Labute approximate surface area is 119 Å². The predicted molar refractivity (Wildman–Crippen MR) is 74.2 cm³/mol. The Bertz CT molecular complexity index is 563. The van der Waals surface area contributed by atoms with Gasteiger partial charge in [-0.1, -0.05) is 15.9 Å². The highest BCUT2D eigenvalue weighted by atomic mass is 79.9. The third kappa shape index (κ3) is 3.44. The second-order valence-electron chi connectivity index (χ2n) is 3.85. The van der Waals surface area contributed by atoms with E-state index < -0.39 is 0 Å². The van der Waals surface area contributed by atoms with E-state index in [0.717, 1.165) is 11.1 Å². The van der Waals surface area contributed by atoms with Gasteiger partial charge in [0, 0.05) is 17.1 Å². The topological polar surface area (TPSA) is 31.4 Å². The van der Waals surface area contributed by atoms with E-state index in [-0.39, 0.29) is 5.82 Å². The maximum atomic E-state index is 13.1. The number of hydrogen-bond acceptors (Lipinski definition) is 3. The first-order valence-electron chi connectivity index (χ1n) is 5.69. The maximum absolute atomic E-state index is 13.1. The van der Waals surface area contributed by atoms with Crippen LogP contribution in [-0.4, -0.2) is 12.1 Å². The SMILES string of the molecule is COc1ncccc1COc1ccc(F)cc1CBr. The Morgan fingerprint density at radius 2 is 2.11 bits per heavy atom. The average molecular weight is 326 g/mol. The van der Waals surface area contributed by atoms with Crippen LogP contribution < -0.4 is 9.47 Å². The van der Waals surface area contributed by atoms with E-state index >= 15 is 0 Å². The Balaban J connectivity index is 2.14. The summed E-state index contributed by atoms with van der Waals surface area (Å²) in [6.07, 6.45) is 1.66. The van der Waals surface area contributed by atoms with E-state index in [0.29, 0.717) is 23.6 Å². The minimum absolute atomic E-state index is 0.277. The molecule has 19 heavy (non-hydrogen) atoms. The molecule has 2 rings (SSSR count). The van der Waals surface area contributed by atoms with Gasteiger partial charge in [0.1, 0.15) is 18.2 Å². The van der Waals surface area contributed by atoms with Crippen LogP contribution in [0.3, 0.4) is 0 Å². The summed E-state index contributed by atoms with van der Waals surface area (Å²) in [5, 5.41) is 0.532. The quantitative estimate of drug-likeness (QED) is 0.785. The number of halogens is 2. The number of benzene rings is 1. The van der Waals surface area contributed by atoms with E-state index in [9.17, 15) is 4.39 Å². The Morgan fingerprint density at radius 1 is 1.26 bits per heavy atom. The van der Waals surface area contributed by atoms with Crippen LogP contribution >= 0.6 is 15.9 Å². The fraction of sp³-hybridized carbons (Fsp3) is 0.214. The molecule has 0 N–H and O–H groups in total. The number of ether oxygens (including phenoxy) is 2. The van der Waals surface area contributed by atoms with Gasteiger partial charge in [-0.2, -0.15) is 0 Å². The van der Waals surface area contributed by atoms with Gasteiger partial charge in [0.05, 0.1) is 12.7 Å². The summed E-state index contributed by atoms with van der Waals surface area (Å²) in [4.78, 5) is 4.09. The molecule has 0 radical (unpaired) electrons. The summed E-state index contributed by atoms with van der Waals surface area (Å²) in [6, 6.07) is 8.14. The van der Waals surface area contributed by atoms with Crippen molar-refractivity contribution in [2.24, 2.45) is 0 Å². The van der Waals surface area contributed by atoms with Crippen LogP contribution in [0.2, 0.25) is 0 Å². The zero-order valence-corrected chi connectivity index (χ0v) is 12.0. The first-order chi connectivity index (χ1) is 9.24. The highest BCUT2D eigenvalue weighted by Crippen LogP contribution is 2.24. The number of hydrogen-bond donors (Lipinski definition) is 0. The Morgan fingerprint density at radius 3 is 2.84 bits per heavy atom. The third-order valence-electron chi connectivity index (χ3n) is 2.59. The first kappa shape index (κ1) is 13.8. The van der Waals surface area contributed by atoms with Gasteiger partial charge in [-0.15, -0.1) is 0 Å². The van der Waals surface area contributed by atoms with Crippen LogP contribution in [0.1, 0.15) is 11.1 Å². The van der Waals surface area contributed by atoms with Crippen molar-refractivity contribution in [3.05, 3.63) is 53.5 Å². The molecule has 0 atom stereocenters. The number of nitrogens with zero attached hydrogens (tertiary/aromatic N) is 1. The van der Waals surface area contributed by atoms with Crippen molar-refractivity contribution in [2.45, 2.75) is 11.9 Å². The number of aromatic nitrogens is 1. The van der Waals surface area contributed by atoms with Crippen LogP contribution in [-0.2, 0) is 11.9 Å². The van der Waals surface area contributed by atoms with Gasteiger partial charge >= 0.3 is 0 Å². The zero-order valence-electron chi connectivity index (χ0n) is 10.4. The molecular weight excluding hydrogens is 313 g/mol. The van der Waals surface area contributed by atoms with E-state index in [2.05, 4.69) is 20.9 Å². The van der Waals surface area contributed by atoms with Crippen molar-refractivity contribution in [1.82, 2.24) is 4.98 Å². The van der Waals surface area contributed by atoms with E-state index in [1.54, 1.807) is 19.4 Å². The van der Waals surface area contributed by atoms with Crippen LogP contribution in [0.4, 0.5) is 4.39 Å². The van der Waals surface area contributed by atoms with Crippen molar-refractivity contribution < 1.29 is 13.9 Å². The summed E-state index contributed by atoms with van der Waals surface area (Å²) in [7, 11) is 1.56. The lowest BCUT2D eigenvalue weighted by atomic mass is 10.2. The van der Waals surface area contributed by atoms with Crippen LogP contribution in [0, 0.1) is 5.82 Å². The van der Waals surface area contributed by atoms with Crippen LogP contribution in [0.5, 0.6) is 11.6 Å². The molecule has 100 valence electrons. The van der Waals surface area contributed by atoms with Gasteiger partial charge in [0.25, 0.3) is 0 Å². The Kier molecular flexibility index (Phi) is 4.74. The van der Waals surface area contributed by atoms with Crippen LogP contribution in [0.15, 0.2) is 36.5 Å². The highest BCUT2D eigenvalue weighted by Gasteiger charge is 2.07. The number of alkyl halides is 1. The molecule has 0 fully saturated rings. The molecule has 0 aliphatic heterocycles. The summed E-state index contributed by atoms with van der Waals surface area (Å²) in [5.74, 6) is 0.898. The lowest BCUT2D eigenvalue weighted by molar-refractivity contribution is 0.291. The second kappa shape index (κ2) is 6.52. The Hall–Kier alpha value is -1.62. The molecule has 5 heteroatoms. The third-order valence-corrected chi connectivity index (χ3v) is 3.20. The lowest BCUT2D eigenvalue weighted by Crippen LogP contribution is -2.01. The van der Waals surface area contributed by atoms with Crippen molar-refractivity contribution in [2.75, 3.05) is 7.11 Å². The van der Waals surface area contributed by atoms with Crippen molar-refractivity contribution in [3.63, 3.8) is 0 Å². The van der Waals surface area contributed by atoms with Crippen LogP contribution in [0.25, 0.3) is 0 Å². The standard InChI is InChI=1S/C14H13BrFNO2/c1-18-14-10(3-2-6-17-14)9-19-13-5-4-12(16)7-11(13)8-15/h2-7H,8-9H2,1H3. The summed E-state index contributed by atoms with van der Waals surface area (Å²) in [6.45, 7) is 0.322. The normalized spacial score (nSPS) is 10.3. The van der Waals surface area contributed by atoms with E-state index in [4.69, 9.17) is 9.47 Å². The number of pyridine rings is 1. The molecule has 3 nitrogen and oxygen atoms in total. The van der Waals surface area contributed by atoms with Gasteiger partial charge in [0.15, 0.2) is 0 Å². The smallest absolute Gasteiger partial charge is 0.219 e. The fourth-order valence-corrected chi connectivity index (χ4v) is 2.10. The summed E-state index contributed by atoms with van der Waals surface area (Å²) >= 11 is 3.31. The van der Waals surface area contributed by atoms with E-state index in [1.165, 1.54) is 12.1 Å². The molecule has 1 aromatic heterocycles. The minimum atomic E-state index is -0.277. The maximum Gasteiger partial charge on any atom is 0.219 e. The van der Waals surface area contributed by atoms with Gasteiger partial charge in [-0.25, -0.2) is 9.37 Å². The number of rotatable bonds is 5. The van der Waals surface area contributed by atoms with Crippen molar-refractivity contribution >= 4 is 15.9 Å². The molecule has 0 aliphatic rings. The average Bonchev–Trinajstić information content (AvgIpc) is 2.46. The molecule has 0 bridgehead atoms. The molecule has 0 amide bonds. The largest absolute Gasteiger partial charge is 0.488 e. The summed E-state index contributed by atoms with van der Waals surface area (Å²) < 4.78 is 24.0. The van der Waals surface area contributed by atoms with Gasteiger partial charge in [-0.3, -0.25) is 0 Å². The van der Waals surface area contributed by atoms with Crippen molar-refractivity contribution in [3.8, 4) is 11.6 Å².